The zero-order valence-electron chi connectivity index (χ0n) is 17.9. The van der Waals surface area contributed by atoms with Gasteiger partial charge in [0.2, 0.25) is 0 Å². The molecule has 0 amide bonds. The minimum atomic E-state index is -4.14. The maximum Gasteiger partial charge on any atom is 0.342 e. The maximum absolute atomic E-state index is 13.1. The van der Waals surface area contributed by atoms with Crippen LogP contribution in [0.5, 0.6) is 5.75 Å². The van der Waals surface area contributed by atoms with Gasteiger partial charge in [0, 0.05) is 11.1 Å². The van der Waals surface area contributed by atoms with E-state index in [4.69, 9.17) is 8.92 Å². The number of allylic oxidation sites excluding steroid dienone is 2. The molecule has 0 radical (unpaired) electrons. The van der Waals surface area contributed by atoms with Gasteiger partial charge in [-0.15, -0.1) is 0 Å². The monoisotopic (exact) mass is 438 g/mol. The summed E-state index contributed by atoms with van der Waals surface area (Å²) in [5.41, 5.74) is 5.47. The van der Waals surface area contributed by atoms with Crippen molar-refractivity contribution >= 4 is 22.2 Å². The highest BCUT2D eigenvalue weighted by molar-refractivity contribution is 7.87. The number of hydrogen-bond donors (Lipinski definition) is 0. The lowest BCUT2D eigenvalue weighted by molar-refractivity contribution is 0.0533. The second-order valence-corrected chi connectivity index (χ2v) is 9.65. The van der Waals surface area contributed by atoms with Crippen molar-refractivity contribution in [1.82, 2.24) is 0 Å². The van der Waals surface area contributed by atoms with E-state index in [1.807, 2.05) is 13.8 Å². The van der Waals surface area contributed by atoms with Gasteiger partial charge in [-0.3, -0.25) is 0 Å². The topological polar surface area (TPSA) is 69.7 Å². The molecule has 2 aromatic rings. The van der Waals surface area contributed by atoms with Crippen LogP contribution in [0.25, 0.3) is 6.08 Å². The van der Waals surface area contributed by atoms with E-state index in [9.17, 15) is 13.2 Å². The number of fused-ring (bicyclic) bond motifs is 1. The molecule has 1 aliphatic heterocycles. The number of benzene rings is 2. The predicted molar refractivity (Wildman–Crippen MR) is 120 cm³/mol. The average molecular weight is 439 g/mol. The highest BCUT2D eigenvalue weighted by Gasteiger charge is 2.34. The molecule has 0 aromatic heterocycles. The van der Waals surface area contributed by atoms with Gasteiger partial charge in [-0.2, -0.15) is 8.42 Å². The lowest BCUT2D eigenvalue weighted by Crippen LogP contribution is -2.15. The average Bonchev–Trinajstić information content (AvgIpc) is 3.39. The summed E-state index contributed by atoms with van der Waals surface area (Å²) in [6.45, 7) is 7.82. The Bertz CT molecular complexity index is 1180. The van der Waals surface area contributed by atoms with E-state index in [0.717, 1.165) is 29.5 Å². The largest absolute Gasteiger partial charge is 0.457 e. The molecule has 0 spiro atoms. The van der Waals surface area contributed by atoms with Gasteiger partial charge in [-0.05, 0) is 69.2 Å². The molecule has 31 heavy (non-hydrogen) atoms. The van der Waals surface area contributed by atoms with Crippen LogP contribution in [0, 0.1) is 13.8 Å². The Hall–Kier alpha value is -2.86. The first-order valence-corrected chi connectivity index (χ1v) is 11.9. The first kappa shape index (κ1) is 21.4. The molecule has 6 heteroatoms. The summed E-state index contributed by atoms with van der Waals surface area (Å²) < 4.78 is 37.1. The van der Waals surface area contributed by atoms with E-state index in [1.165, 1.54) is 30.5 Å². The van der Waals surface area contributed by atoms with Gasteiger partial charge in [-0.1, -0.05) is 42.0 Å². The normalized spacial score (nSPS) is 15.5. The third-order valence-electron chi connectivity index (χ3n) is 6.08. The lowest BCUT2D eigenvalue weighted by atomic mass is 9.90. The number of cyclic esters (lactones) is 1. The summed E-state index contributed by atoms with van der Waals surface area (Å²) in [5, 5.41) is 0. The Morgan fingerprint density at radius 2 is 1.81 bits per heavy atom. The fourth-order valence-electron chi connectivity index (χ4n) is 4.31. The van der Waals surface area contributed by atoms with Crippen LogP contribution in [-0.2, 0) is 27.9 Å². The van der Waals surface area contributed by atoms with Gasteiger partial charge in [0.15, 0.2) is 5.75 Å². The molecular formula is C25H26O5S. The third-order valence-corrected chi connectivity index (χ3v) is 7.32. The Kier molecular flexibility index (Phi) is 5.75. The molecular weight excluding hydrogens is 412 g/mol. The quantitative estimate of drug-likeness (QED) is 0.342. The molecule has 0 saturated heterocycles. The molecule has 0 unspecified atom stereocenters. The Balaban J connectivity index is 1.87. The predicted octanol–water partition coefficient (Wildman–Crippen LogP) is 5.43. The minimum absolute atomic E-state index is 0.0408. The Morgan fingerprint density at radius 1 is 1.13 bits per heavy atom. The maximum atomic E-state index is 13.1. The Labute approximate surface area is 183 Å². The van der Waals surface area contributed by atoms with Crippen molar-refractivity contribution in [2.45, 2.75) is 57.5 Å². The van der Waals surface area contributed by atoms with Gasteiger partial charge < -0.3 is 8.92 Å². The summed E-state index contributed by atoms with van der Waals surface area (Å²) in [7, 11) is -4.14. The van der Waals surface area contributed by atoms with Gasteiger partial charge in [-0.25, -0.2) is 4.79 Å². The molecule has 1 saturated carbocycles. The number of hydrogen-bond acceptors (Lipinski definition) is 5. The summed E-state index contributed by atoms with van der Waals surface area (Å²) in [5.74, 6) is -0.494. The fourth-order valence-corrected chi connectivity index (χ4v) is 5.28. The van der Waals surface area contributed by atoms with Crippen LogP contribution in [0.4, 0.5) is 0 Å². The molecule has 5 nitrogen and oxygen atoms in total. The van der Waals surface area contributed by atoms with Crippen molar-refractivity contribution in [3.63, 3.8) is 0 Å². The van der Waals surface area contributed by atoms with E-state index < -0.39 is 16.1 Å². The number of carbonyl (C=O) groups excluding carboxylic acids is 1. The van der Waals surface area contributed by atoms with E-state index in [-0.39, 0.29) is 22.8 Å². The smallest absolute Gasteiger partial charge is 0.342 e. The van der Waals surface area contributed by atoms with Crippen molar-refractivity contribution in [2.75, 3.05) is 0 Å². The van der Waals surface area contributed by atoms with Gasteiger partial charge in [0.1, 0.15) is 17.1 Å². The molecule has 2 aliphatic rings. The first-order valence-electron chi connectivity index (χ1n) is 10.5. The number of ether oxygens (including phenoxy) is 1. The van der Waals surface area contributed by atoms with Crippen LogP contribution in [0.1, 0.15) is 63.9 Å². The van der Waals surface area contributed by atoms with Crippen LogP contribution in [-0.4, -0.2) is 14.4 Å². The number of carbonyl (C=O) groups is 1. The fraction of sp³-hybridized carbons (Fsp3) is 0.320. The molecule has 4 rings (SSSR count). The van der Waals surface area contributed by atoms with Crippen LogP contribution in [0.15, 0.2) is 47.4 Å². The summed E-state index contributed by atoms with van der Waals surface area (Å²) in [4.78, 5) is 12.6. The van der Waals surface area contributed by atoms with Crippen LogP contribution in [0.3, 0.4) is 0 Å². The molecule has 162 valence electrons. The molecule has 0 N–H and O–H groups in total. The second-order valence-electron chi connectivity index (χ2n) is 8.10. The highest BCUT2D eigenvalue weighted by atomic mass is 32.2. The zero-order chi connectivity index (χ0) is 22.2. The SMILES string of the molecule is C=Cc1c(C)c2c(c(OS(=O)(=O)c3ccc(C)cc3)c1CC=C1CCCC1)C(=O)OC2. The van der Waals surface area contributed by atoms with E-state index in [0.29, 0.717) is 17.5 Å². The van der Waals surface area contributed by atoms with Crippen molar-refractivity contribution in [2.24, 2.45) is 0 Å². The minimum Gasteiger partial charge on any atom is -0.457 e. The standard InChI is InChI=1S/C25H26O5S/c1-4-20-17(3)22-15-29-25(26)23(22)24(21(20)14-11-18-7-5-6-8-18)30-31(27,28)19-12-9-16(2)10-13-19/h4,9-13H,1,5-8,14-15H2,2-3H3. The molecule has 1 aliphatic carbocycles. The molecule has 2 aromatic carbocycles. The van der Waals surface area contributed by atoms with Crippen molar-refractivity contribution in [1.29, 1.82) is 0 Å². The van der Waals surface area contributed by atoms with Crippen molar-refractivity contribution < 1.29 is 22.1 Å². The third kappa shape index (κ3) is 4.04. The van der Waals surface area contributed by atoms with Crippen molar-refractivity contribution in [3.05, 3.63) is 75.9 Å². The van der Waals surface area contributed by atoms with Gasteiger partial charge >= 0.3 is 16.1 Å². The summed E-state index contributed by atoms with van der Waals surface area (Å²) >= 11 is 0. The van der Waals surface area contributed by atoms with Crippen molar-refractivity contribution in [3.8, 4) is 5.75 Å². The van der Waals surface area contributed by atoms with Crippen LogP contribution < -0.4 is 4.18 Å². The van der Waals surface area contributed by atoms with Gasteiger partial charge in [0.25, 0.3) is 0 Å². The number of rotatable bonds is 6. The van der Waals surface area contributed by atoms with E-state index in [1.54, 1.807) is 18.2 Å². The summed E-state index contributed by atoms with van der Waals surface area (Å²) in [6, 6.07) is 6.44. The second kappa shape index (κ2) is 8.35. The molecule has 0 bridgehead atoms. The molecule has 1 heterocycles. The van der Waals surface area contributed by atoms with E-state index >= 15 is 0 Å². The lowest BCUT2D eigenvalue weighted by Gasteiger charge is -2.18. The highest BCUT2D eigenvalue weighted by Crippen LogP contribution is 2.41. The molecule has 1 fully saturated rings. The van der Waals surface area contributed by atoms with Crippen LogP contribution in [0.2, 0.25) is 0 Å². The summed E-state index contributed by atoms with van der Waals surface area (Å²) in [6.07, 6.45) is 8.73. The number of aryl methyl sites for hydroxylation is 1. The number of esters is 1. The molecule has 0 atom stereocenters. The van der Waals surface area contributed by atoms with Crippen LogP contribution >= 0.6 is 0 Å². The first-order chi connectivity index (χ1) is 14.8. The van der Waals surface area contributed by atoms with E-state index in [2.05, 4.69) is 12.7 Å². The Morgan fingerprint density at radius 3 is 2.45 bits per heavy atom. The zero-order valence-corrected chi connectivity index (χ0v) is 18.7. The van der Waals surface area contributed by atoms with Gasteiger partial charge in [0.05, 0.1) is 0 Å².